The Labute approximate surface area is 148 Å². The van der Waals surface area contributed by atoms with Gasteiger partial charge in [-0.05, 0) is 104 Å². The number of fused-ring (bicyclic) bond motifs is 5. The second-order valence-corrected chi connectivity index (χ2v) is 10.7. The van der Waals surface area contributed by atoms with Crippen molar-refractivity contribution in [3.63, 3.8) is 0 Å². The van der Waals surface area contributed by atoms with Gasteiger partial charge in [-0.3, -0.25) is 0 Å². The van der Waals surface area contributed by atoms with Crippen LogP contribution in [0.4, 0.5) is 0 Å². The quantitative estimate of drug-likeness (QED) is 0.536. The molecule has 24 heavy (non-hydrogen) atoms. The molecular weight excluding hydrogens is 294 g/mol. The van der Waals surface area contributed by atoms with E-state index in [9.17, 15) is 4.91 Å². The first-order valence-corrected chi connectivity index (χ1v) is 10.7. The van der Waals surface area contributed by atoms with Crippen LogP contribution >= 0.6 is 0 Å². The molecule has 4 aliphatic carbocycles. The van der Waals surface area contributed by atoms with Crippen molar-refractivity contribution in [1.29, 1.82) is 0 Å². The van der Waals surface area contributed by atoms with E-state index in [0.717, 1.165) is 48.3 Å². The van der Waals surface area contributed by atoms with Gasteiger partial charge in [0.1, 0.15) is 0 Å². The molecule has 0 saturated heterocycles. The molecule has 4 saturated carbocycles. The van der Waals surface area contributed by atoms with Gasteiger partial charge in [0.25, 0.3) is 0 Å². The molecule has 4 fully saturated rings. The number of rotatable bonds is 2. The number of hydrogen-bond acceptors (Lipinski definition) is 2. The zero-order chi connectivity index (χ0) is 17.1. The summed E-state index contributed by atoms with van der Waals surface area (Å²) in [5.41, 5.74) is 1.11. The molecule has 2 nitrogen and oxygen atoms in total. The van der Waals surface area contributed by atoms with Crippen LogP contribution in [0.3, 0.4) is 0 Å². The summed E-state index contributed by atoms with van der Waals surface area (Å²) >= 11 is 0. The Hall–Kier alpha value is -0.400. The Balaban J connectivity index is 1.59. The van der Waals surface area contributed by atoms with Gasteiger partial charge in [0, 0.05) is 0 Å². The fourth-order valence-corrected chi connectivity index (χ4v) is 8.47. The molecule has 4 rings (SSSR count). The second kappa shape index (κ2) is 5.81. The maximum atomic E-state index is 11.1. The monoisotopic (exact) mass is 331 g/mol. The van der Waals surface area contributed by atoms with Crippen LogP contribution in [0.2, 0.25) is 0 Å². The molecule has 0 spiro atoms. The second-order valence-electron chi connectivity index (χ2n) is 10.7. The minimum Gasteiger partial charge on any atom is -0.151 e. The van der Waals surface area contributed by atoms with Crippen LogP contribution in [0.25, 0.3) is 0 Å². The molecular formula is C22H37NO. The van der Waals surface area contributed by atoms with E-state index < -0.39 is 0 Å². The minimum atomic E-state index is 0.116. The van der Waals surface area contributed by atoms with E-state index in [4.69, 9.17) is 0 Å². The Bertz CT molecular complexity index is 502. The molecule has 8 atom stereocenters. The van der Waals surface area contributed by atoms with Crippen LogP contribution < -0.4 is 0 Å². The zero-order valence-corrected chi connectivity index (χ0v) is 16.3. The summed E-state index contributed by atoms with van der Waals surface area (Å²) in [6.45, 7) is 10.1. The van der Waals surface area contributed by atoms with Gasteiger partial charge < -0.3 is 0 Å². The summed E-state index contributed by atoms with van der Waals surface area (Å²) in [7, 11) is 0. The van der Waals surface area contributed by atoms with Crippen molar-refractivity contribution in [3.05, 3.63) is 4.91 Å². The van der Waals surface area contributed by atoms with Gasteiger partial charge >= 0.3 is 0 Å². The summed E-state index contributed by atoms with van der Waals surface area (Å²) < 4.78 is 0. The molecule has 136 valence electrons. The normalized spacial score (nSPS) is 54.0. The Kier molecular flexibility index (Phi) is 4.12. The standard InChI is InChI=1S/C22H37NO/c1-14(2)18-7-8-19-17-6-5-15-13-16(23-24)9-11-21(15,3)20(17)10-12-22(18,19)4/h14-20H,5-13H2,1-4H3/t15?,16?,17?,18?,19?,20?,21-,22?/m0/s1. The van der Waals surface area contributed by atoms with Crippen molar-refractivity contribution in [2.75, 3.05) is 0 Å². The van der Waals surface area contributed by atoms with Gasteiger partial charge in [-0.25, -0.2) is 0 Å². The average Bonchev–Trinajstić information content (AvgIpc) is 2.91. The van der Waals surface area contributed by atoms with Gasteiger partial charge in [-0.15, -0.1) is 0 Å². The van der Waals surface area contributed by atoms with E-state index in [2.05, 4.69) is 32.9 Å². The lowest BCUT2D eigenvalue weighted by Crippen LogP contribution is -2.54. The third-order valence-corrected chi connectivity index (χ3v) is 9.67. The van der Waals surface area contributed by atoms with Crippen LogP contribution in [0, 0.1) is 51.2 Å². The first-order valence-electron chi connectivity index (χ1n) is 10.7. The maximum Gasteiger partial charge on any atom is 0.0922 e. The number of nitrogens with zero attached hydrogens (tertiary/aromatic N) is 1. The summed E-state index contributed by atoms with van der Waals surface area (Å²) in [5.74, 6) is 5.43. The highest BCUT2D eigenvalue weighted by Crippen LogP contribution is 2.68. The molecule has 0 N–H and O–H groups in total. The fourth-order valence-electron chi connectivity index (χ4n) is 8.47. The van der Waals surface area contributed by atoms with E-state index in [1.807, 2.05) is 0 Å². The largest absolute Gasteiger partial charge is 0.151 e. The van der Waals surface area contributed by atoms with Gasteiger partial charge in [0.15, 0.2) is 0 Å². The Morgan fingerprint density at radius 3 is 2.29 bits per heavy atom. The van der Waals surface area contributed by atoms with Crippen LogP contribution in [0.1, 0.15) is 85.5 Å². The molecule has 7 unspecified atom stereocenters. The summed E-state index contributed by atoms with van der Waals surface area (Å²) in [5, 5.41) is 3.42. The first kappa shape index (κ1) is 17.0. The highest BCUT2D eigenvalue weighted by atomic mass is 16.3. The molecule has 0 amide bonds. The maximum absolute atomic E-state index is 11.1. The van der Waals surface area contributed by atoms with Crippen molar-refractivity contribution in [2.45, 2.75) is 91.5 Å². The van der Waals surface area contributed by atoms with Gasteiger partial charge in [-0.2, -0.15) is 4.91 Å². The Morgan fingerprint density at radius 1 is 0.875 bits per heavy atom. The average molecular weight is 332 g/mol. The van der Waals surface area contributed by atoms with E-state index in [1.54, 1.807) is 0 Å². The fraction of sp³-hybridized carbons (Fsp3) is 1.00. The van der Waals surface area contributed by atoms with Crippen LogP contribution in [-0.2, 0) is 0 Å². The lowest BCUT2D eigenvalue weighted by atomic mass is 9.44. The zero-order valence-electron chi connectivity index (χ0n) is 16.3. The highest BCUT2D eigenvalue weighted by Gasteiger charge is 2.60. The van der Waals surface area contributed by atoms with Gasteiger partial charge in [0.05, 0.1) is 6.04 Å². The summed E-state index contributed by atoms with van der Waals surface area (Å²) in [4.78, 5) is 11.1. The molecule has 0 aromatic rings. The van der Waals surface area contributed by atoms with Crippen molar-refractivity contribution < 1.29 is 0 Å². The molecule has 0 aromatic carbocycles. The number of nitroso groups, excluding NO2 is 1. The van der Waals surface area contributed by atoms with E-state index in [1.165, 1.54) is 44.9 Å². The van der Waals surface area contributed by atoms with Crippen molar-refractivity contribution in [1.82, 2.24) is 0 Å². The minimum absolute atomic E-state index is 0.116. The molecule has 2 heteroatoms. The highest BCUT2D eigenvalue weighted by molar-refractivity contribution is 5.09. The molecule has 0 aromatic heterocycles. The van der Waals surface area contributed by atoms with Crippen LogP contribution in [-0.4, -0.2) is 6.04 Å². The van der Waals surface area contributed by atoms with Crippen LogP contribution in [0.5, 0.6) is 0 Å². The van der Waals surface area contributed by atoms with Gasteiger partial charge in [0.2, 0.25) is 0 Å². The van der Waals surface area contributed by atoms with Crippen LogP contribution in [0.15, 0.2) is 5.18 Å². The molecule has 0 aliphatic heterocycles. The third-order valence-electron chi connectivity index (χ3n) is 9.67. The SMILES string of the molecule is CC(C)C1CCC2C3CCC4CC(N=O)CC[C@]4(C)C3CCC12C. The van der Waals surface area contributed by atoms with Gasteiger partial charge in [-0.1, -0.05) is 32.9 Å². The Morgan fingerprint density at radius 2 is 1.58 bits per heavy atom. The predicted molar refractivity (Wildman–Crippen MR) is 99.6 cm³/mol. The van der Waals surface area contributed by atoms with E-state index in [0.29, 0.717) is 10.8 Å². The molecule has 0 bridgehead atoms. The van der Waals surface area contributed by atoms with Crippen molar-refractivity contribution in [3.8, 4) is 0 Å². The van der Waals surface area contributed by atoms with E-state index >= 15 is 0 Å². The van der Waals surface area contributed by atoms with Crippen molar-refractivity contribution >= 4 is 0 Å². The topological polar surface area (TPSA) is 29.4 Å². The first-order chi connectivity index (χ1) is 11.4. The lowest BCUT2D eigenvalue weighted by molar-refractivity contribution is -0.115. The molecule has 0 heterocycles. The summed E-state index contributed by atoms with van der Waals surface area (Å²) in [6.07, 6.45) is 12.1. The summed E-state index contributed by atoms with van der Waals surface area (Å²) in [6, 6.07) is 0.116. The molecule has 0 radical (unpaired) electrons. The predicted octanol–water partition coefficient (Wildman–Crippen LogP) is 6.44. The van der Waals surface area contributed by atoms with Crippen molar-refractivity contribution in [2.24, 2.45) is 51.5 Å². The third kappa shape index (κ3) is 2.27. The number of hydrogen-bond donors (Lipinski definition) is 0. The smallest absolute Gasteiger partial charge is 0.0922 e. The molecule has 4 aliphatic rings. The van der Waals surface area contributed by atoms with E-state index in [-0.39, 0.29) is 6.04 Å². The lowest BCUT2D eigenvalue weighted by Gasteiger charge is -2.61.